The summed E-state index contributed by atoms with van der Waals surface area (Å²) in [6, 6.07) is 10.4. The van der Waals surface area contributed by atoms with Crippen LogP contribution in [0.25, 0.3) is 0 Å². The van der Waals surface area contributed by atoms with Crippen LogP contribution in [0.5, 0.6) is 5.75 Å². The van der Waals surface area contributed by atoms with E-state index in [4.69, 9.17) is 4.74 Å². The van der Waals surface area contributed by atoms with Gasteiger partial charge in [0, 0.05) is 5.69 Å². The minimum absolute atomic E-state index is 0.144. The number of ether oxygens (including phenoxy) is 1. The maximum absolute atomic E-state index is 12.9. The lowest BCUT2D eigenvalue weighted by atomic mass is 10.1. The van der Waals surface area contributed by atoms with E-state index in [9.17, 15) is 18.0 Å². The second-order valence-electron chi connectivity index (χ2n) is 4.36. The van der Waals surface area contributed by atoms with E-state index in [0.29, 0.717) is 5.69 Å². The molecule has 0 aliphatic rings. The van der Waals surface area contributed by atoms with Gasteiger partial charge in [0.25, 0.3) is 6.47 Å². The van der Waals surface area contributed by atoms with Crippen LogP contribution < -0.4 is 10.1 Å². The first-order valence-corrected chi connectivity index (χ1v) is 6.06. The minimum Gasteiger partial charge on any atom is -0.427 e. The normalized spacial score (nSPS) is 11.0. The van der Waals surface area contributed by atoms with Gasteiger partial charge in [0.1, 0.15) is 0 Å². The Morgan fingerprint density at radius 3 is 2.52 bits per heavy atom. The quantitative estimate of drug-likeness (QED) is 0.855. The van der Waals surface area contributed by atoms with Crippen molar-refractivity contribution in [3.63, 3.8) is 0 Å². The summed E-state index contributed by atoms with van der Waals surface area (Å²) >= 11 is 0. The second kappa shape index (κ2) is 5.87. The number of para-hydroxylation sites is 2. The van der Waals surface area contributed by atoms with Crippen LogP contribution in [0.3, 0.4) is 0 Å². The minimum atomic E-state index is -4.42. The third-order valence-corrected chi connectivity index (χ3v) is 2.88. The van der Waals surface area contributed by atoms with Gasteiger partial charge in [-0.1, -0.05) is 18.2 Å². The standard InChI is InChI=1S/C15H12F3NO2/c1-10-6-7-11(8-12(10)15(16,17)18)19-13-4-2-3-5-14(13)21-9-20/h2-9,19H,1H3. The first kappa shape index (κ1) is 14.9. The molecule has 0 aliphatic heterocycles. The summed E-state index contributed by atoms with van der Waals surface area (Å²) in [5, 5.41) is 2.81. The fourth-order valence-corrected chi connectivity index (χ4v) is 1.89. The molecule has 110 valence electrons. The molecule has 0 aromatic heterocycles. The molecule has 0 unspecified atom stereocenters. The number of halogens is 3. The molecule has 0 bridgehead atoms. The molecular weight excluding hydrogens is 283 g/mol. The molecule has 0 heterocycles. The number of carbonyl (C=O) groups excluding carboxylic acids is 1. The smallest absolute Gasteiger partial charge is 0.416 e. The molecule has 3 nitrogen and oxygen atoms in total. The zero-order valence-corrected chi connectivity index (χ0v) is 11.1. The molecular formula is C15H12F3NO2. The average Bonchev–Trinajstić information content (AvgIpc) is 2.42. The van der Waals surface area contributed by atoms with E-state index in [1.54, 1.807) is 18.2 Å². The average molecular weight is 295 g/mol. The molecule has 0 atom stereocenters. The van der Waals surface area contributed by atoms with Crippen LogP contribution in [-0.2, 0) is 11.0 Å². The number of carbonyl (C=O) groups is 1. The highest BCUT2D eigenvalue weighted by atomic mass is 19.4. The van der Waals surface area contributed by atoms with E-state index in [-0.39, 0.29) is 23.5 Å². The van der Waals surface area contributed by atoms with Crippen LogP contribution in [0.1, 0.15) is 11.1 Å². The molecule has 2 rings (SSSR count). The maximum Gasteiger partial charge on any atom is 0.416 e. The molecule has 0 spiro atoms. The van der Waals surface area contributed by atoms with Gasteiger partial charge in [0.2, 0.25) is 0 Å². The topological polar surface area (TPSA) is 38.3 Å². The van der Waals surface area contributed by atoms with Gasteiger partial charge >= 0.3 is 6.18 Å². The van der Waals surface area contributed by atoms with Gasteiger partial charge in [-0.05, 0) is 36.8 Å². The van der Waals surface area contributed by atoms with Crippen LogP contribution in [0.15, 0.2) is 42.5 Å². The molecule has 1 N–H and O–H groups in total. The summed E-state index contributed by atoms with van der Waals surface area (Å²) in [5.41, 5.74) is 0.100. The molecule has 0 saturated heterocycles. The molecule has 2 aromatic carbocycles. The number of hydrogen-bond donors (Lipinski definition) is 1. The predicted molar refractivity (Wildman–Crippen MR) is 72.6 cm³/mol. The fourth-order valence-electron chi connectivity index (χ4n) is 1.89. The van der Waals surface area contributed by atoms with Crippen molar-refractivity contribution in [3.05, 3.63) is 53.6 Å². The van der Waals surface area contributed by atoms with Crippen LogP contribution in [-0.4, -0.2) is 6.47 Å². The third-order valence-electron chi connectivity index (χ3n) is 2.88. The lowest BCUT2D eigenvalue weighted by Gasteiger charge is -2.14. The number of aryl methyl sites for hydroxylation is 1. The highest BCUT2D eigenvalue weighted by Gasteiger charge is 2.32. The Bertz CT molecular complexity index is 654. The molecule has 2 aromatic rings. The van der Waals surface area contributed by atoms with Crippen LogP contribution in [0.4, 0.5) is 24.5 Å². The van der Waals surface area contributed by atoms with Crippen molar-refractivity contribution in [1.29, 1.82) is 0 Å². The molecule has 0 amide bonds. The van der Waals surface area contributed by atoms with Gasteiger partial charge < -0.3 is 10.1 Å². The molecule has 0 aliphatic carbocycles. The van der Waals surface area contributed by atoms with Gasteiger partial charge in [0.15, 0.2) is 5.75 Å². The first-order chi connectivity index (χ1) is 9.91. The maximum atomic E-state index is 12.9. The van der Waals surface area contributed by atoms with E-state index in [0.717, 1.165) is 6.07 Å². The van der Waals surface area contributed by atoms with E-state index >= 15 is 0 Å². The highest BCUT2D eigenvalue weighted by molar-refractivity contribution is 5.69. The number of hydrogen-bond acceptors (Lipinski definition) is 3. The summed E-state index contributed by atoms with van der Waals surface area (Å²) in [5.74, 6) is 0.238. The van der Waals surface area contributed by atoms with Crippen molar-refractivity contribution >= 4 is 17.8 Å². The Morgan fingerprint density at radius 2 is 1.86 bits per heavy atom. The zero-order chi connectivity index (χ0) is 15.5. The molecule has 21 heavy (non-hydrogen) atoms. The largest absolute Gasteiger partial charge is 0.427 e. The van der Waals surface area contributed by atoms with Gasteiger partial charge in [-0.3, -0.25) is 4.79 Å². The van der Waals surface area contributed by atoms with E-state index in [1.165, 1.54) is 25.1 Å². The van der Waals surface area contributed by atoms with Gasteiger partial charge in [0.05, 0.1) is 11.3 Å². The lowest BCUT2D eigenvalue weighted by molar-refractivity contribution is -0.138. The van der Waals surface area contributed by atoms with Crippen molar-refractivity contribution in [2.45, 2.75) is 13.1 Å². The number of benzene rings is 2. The van der Waals surface area contributed by atoms with Crippen molar-refractivity contribution in [2.24, 2.45) is 0 Å². The van der Waals surface area contributed by atoms with E-state index in [1.807, 2.05) is 0 Å². The fraction of sp³-hybridized carbons (Fsp3) is 0.133. The lowest BCUT2D eigenvalue weighted by Crippen LogP contribution is -2.08. The number of anilines is 2. The van der Waals surface area contributed by atoms with Crippen molar-refractivity contribution in [2.75, 3.05) is 5.32 Å². The summed E-state index contributed by atoms with van der Waals surface area (Å²) in [6.07, 6.45) is -4.42. The predicted octanol–water partition coefficient (Wildman–Crippen LogP) is 4.29. The Kier molecular flexibility index (Phi) is 4.16. The SMILES string of the molecule is Cc1ccc(Nc2ccccc2OC=O)cc1C(F)(F)F. The second-order valence-corrected chi connectivity index (χ2v) is 4.36. The monoisotopic (exact) mass is 295 g/mol. The van der Waals surface area contributed by atoms with E-state index < -0.39 is 11.7 Å². The number of alkyl halides is 3. The van der Waals surface area contributed by atoms with Crippen LogP contribution in [0.2, 0.25) is 0 Å². The highest BCUT2D eigenvalue weighted by Crippen LogP contribution is 2.35. The number of rotatable bonds is 4. The van der Waals surface area contributed by atoms with Crippen LogP contribution >= 0.6 is 0 Å². The summed E-state index contributed by atoms with van der Waals surface area (Å²) in [6.45, 7) is 1.66. The van der Waals surface area contributed by atoms with Crippen molar-refractivity contribution in [3.8, 4) is 5.75 Å². The van der Waals surface area contributed by atoms with E-state index in [2.05, 4.69) is 5.32 Å². The van der Waals surface area contributed by atoms with Gasteiger partial charge in [-0.25, -0.2) is 0 Å². The van der Waals surface area contributed by atoms with Crippen LogP contribution in [0, 0.1) is 6.92 Å². The summed E-state index contributed by atoms with van der Waals surface area (Å²) in [7, 11) is 0. The van der Waals surface area contributed by atoms with Crippen molar-refractivity contribution < 1.29 is 22.7 Å². The Balaban J connectivity index is 2.35. The summed E-state index contributed by atoms with van der Waals surface area (Å²) < 4.78 is 43.4. The molecule has 0 radical (unpaired) electrons. The Morgan fingerprint density at radius 1 is 1.14 bits per heavy atom. The van der Waals surface area contributed by atoms with Gasteiger partial charge in [-0.2, -0.15) is 13.2 Å². The zero-order valence-electron chi connectivity index (χ0n) is 11.1. The first-order valence-electron chi connectivity index (χ1n) is 6.06. The molecule has 6 heteroatoms. The van der Waals surface area contributed by atoms with Crippen molar-refractivity contribution in [1.82, 2.24) is 0 Å². The molecule has 0 saturated carbocycles. The summed E-state index contributed by atoms with van der Waals surface area (Å²) in [4.78, 5) is 10.4. The Labute approximate surface area is 119 Å². The Hall–Kier alpha value is -2.50. The van der Waals surface area contributed by atoms with Gasteiger partial charge in [-0.15, -0.1) is 0 Å². The number of nitrogens with one attached hydrogen (secondary N) is 1. The third kappa shape index (κ3) is 3.53. The molecule has 0 fully saturated rings.